The van der Waals surface area contributed by atoms with Crippen molar-refractivity contribution in [3.63, 3.8) is 0 Å². The number of aryl methyl sites for hydroxylation is 1. The van der Waals surface area contributed by atoms with Crippen LogP contribution in [0.3, 0.4) is 0 Å². The normalized spacial score (nSPS) is 19.9. The van der Waals surface area contributed by atoms with E-state index in [2.05, 4.69) is 35.5 Å². The summed E-state index contributed by atoms with van der Waals surface area (Å²) in [6.45, 7) is 6.61. The van der Waals surface area contributed by atoms with Crippen LogP contribution in [-0.4, -0.2) is 23.6 Å². The van der Waals surface area contributed by atoms with Gasteiger partial charge in [0, 0.05) is 23.6 Å². The SMILES string of the molecule is Cc1cnccc1NC1(C)CCNCC1. The highest BCUT2D eigenvalue weighted by Gasteiger charge is 2.26. The van der Waals surface area contributed by atoms with E-state index in [1.807, 2.05) is 12.4 Å². The van der Waals surface area contributed by atoms with E-state index in [-0.39, 0.29) is 5.54 Å². The summed E-state index contributed by atoms with van der Waals surface area (Å²) in [6.07, 6.45) is 6.11. The van der Waals surface area contributed by atoms with E-state index in [1.54, 1.807) is 0 Å². The summed E-state index contributed by atoms with van der Waals surface area (Å²) in [4.78, 5) is 4.11. The minimum absolute atomic E-state index is 0.233. The van der Waals surface area contributed by atoms with Gasteiger partial charge in [-0.2, -0.15) is 0 Å². The van der Waals surface area contributed by atoms with E-state index in [0.29, 0.717) is 0 Å². The van der Waals surface area contributed by atoms with Crippen LogP contribution in [0.4, 0.5) is 5.69 Å². The van der Waals surface area contributed by atoms with Crippen molar-refractivity contribution >= 4 is 5.69 Å². The Hall–Kier alpha value is -1.09. The number of anilines is 1. The van der Waals surface area contributed by atoms with Crippen molar-refractivity contribution in [1.29, 1.82) is 0 Å². The van der Waals surface area contributed by atoms with Crippen molar-refractivity contribution < 1.29 is 0 Å². The summed E-state index contributed by atoms with van der Waals surface area (Å²) in [5.74, 6) is 0. The molecular weight excluding hydrogens is 186 g/mol. The first-order valence-electron chi connectivity index (χ1n) is 5.59. The van der Waals surface area contributed by atoms with Crippen LogP contribution >= 0.6 is 0 Å². The number of nitrogens with one attached hydrogen (secondary N) is 2. The van der Waals surface area contributed by atoms with Crippen molar-refractivity contribution in [2.45, 2.75) is 32.2 Å². The molecule has 1 aliphatic rings. The van der Waals surface area contributed by atoms with Gasteiger partial charge in [-0.1, -0.05) is 0 Å². The predicted molar refractivity (Wildman–Crippen MR) is 63.1 cm³/mol. The average Bonchev–Trinajstić information content (AvgIpc) is 2.22. The third-order valence-electron chi connectivity index (χ3n) is 3.16. The fourth-order valence-electron chi connectivity index (χ4n) is 2.04. The van der Waals surface area contributed by atoms with Gasteiger partial charge in [0.1, 0.15) is 0 Å². The number of rotatable bonds is 2. The fraction of sp³-hybridized carbons (Fsp3) is 0.583. The van der Waals surface area contributed by atoms with Crippen LogP contribution in [-0.2, 0) is 0 Å². The summed E-state index contributed by atoms with van der Waals surface area (Å²) in [7, 11) is 0. The zero-order valence-electron chi connectivity index (χ0n) is 9.51. The lowest BCUT2D eigenvalue weighted by Crippen LogP contribution is -2.45. The Morgan fingerprint density at radius 2 is 2.13 bits per heavy atom. The number of pyridine rings is 1. The van der Waals surface area contributed by atoms with E-state index in [9.17, 15) is 0 Å². The van der Waals surface area contributed by atoms with E-state index in [0.717, 1.165) is 13.1 Å². The molecule has 0 bridgehead atoms. The molecule has 0 aromatic carbocycles. The highest BCUT2D eigenvalue weighted by Crippen LogP contribution is 2.25. The van der Waals surface area contributed by atoms with Gasteiger partial charge in [-0.3, -0.25) is 4.98 Å². The molecule has 0 radical (unpaired) electrons. The molecule has 15 heavy (non-hydrogen) atoms. The smallest absolute Gasteiger partial charge is 0.0404 e. The minimum Gasteiger partial charge on any atom is -0.379 e. The van der Waals surface area contributed by atoms with Crippen molar-refractivity contribution in [3.05, 3.63) is 24.0 Å². The molecule has 3 nitrogen and oxygen atoms in total. The fourth-order valence-corrected chi connectivity index (χ4v) is 2.04. The second-order valence-corrected chi connectivity index (χ2v) is 4.63. The number of nitrogens with zero attached hydrogens (tertiary/aromatic N) is 1. The molecule has 2 heterocycles. The van der Waals surface area contributed by atoms with Gasteiger partial charge in [0.05, 0.1) is 0 Å². The van der Waals surface area contributed by atoms with Gasteiger partial charge in [-0.15, -0.1) is 0 Å². The monoisotopic (exact) mass is 205 g/mol. The van der Waals surface area contributed by atoms with Gasteiger partial charge in [0.25, 0.3) is 0 Å². The Morgan fingerprint density at radius 3 is 2.80 bits per heavy atom. The van der Waals surface area contributed by atoms with E-state index >= 15 is 0 Å². The molecule has 0 atom stereocenters. The molecule has 0 saturated carbocycles. The number of hydrogen-bond acceptors (Lipinski definition) is 3. The molecule has 82 valence electrons. The lowest BCUT2D eigenvalue weighted by Gasteiger charge is -2.36. The molecule has 0 unspecified atom stereocenters. The van der Waals surface area contributed by atoms with E-state index < -0.39 is 0 Å². The van der Waals surface area contributed by atoms with Gasteiger partial charge in [-0.25, -0.2) is 0 Å². The van der Waals surface area contributed by atoms with Crippen LogP contribution in [0.5, 0.6) is 0 Å². The second-order valence-electron chi connectivity index (χ2n) is 4.63. The summed E-state index contributed by atoms with van der Waals surface area (Å²) in [6, 6.07) is 2.06. The van der Waals surface area contributed by atoms with Gasteiger partial charge in [0.2, 0.25) is 0 Å². The third-order valence-corrected chi connectivity index (χ3v) is 3.16. The molecule has 1 saturated heterocycles. The average molecular weight is 205 g/mol. The maximum Gasteiger partial charge on any atom is 0.0404 e. The Balaban J connectivity index is 2.10. The Kier molecular flexibility index (Phi) is 2.91. The Labute approximate surface area is 91.3 Å². The van der Waals surface area contributed by atoms with Gasteiger partial charge >= 0.3 is 0 Å². The van der Waals surface area contributed by atoms with E-state index in [4.69, 9.17) is 0 Å². The first kappa shape index (κ1) is 10.4. The van der Waals surface area contributed by atoms with Crippen molar-refractivity contribution in [2.75, 3.05) is 18.4 Å². The first-order chi connectivity index (χ1) is 7.20. The van der Waals surface area contributed by atoms with Crippen LogP contribution in [0.25, 0.3) is 0 Å². The maximum atomic E-state index is 4.11. The van der Waals surface area contributed by atoms with Gasteiger partial charge in [-0.05, 0) is 51.4 Å². The molecule has 0 aliphatic carbocycles. The van der Waals surface area contributed by atoms with Gasteiger partial charge in [0.15, 0.2) is 0 Å². The number of piperidine rings is 1. The highest BCUT2D eigenvalue weighted by atomic mass is 15.0. The van der Waals surface area contributed by atoms with Crippen molar-refractivity contribution in [2.24, 2.45) is 0 Å². The van der Waals surface area contributed by atoms with Crippen molar-refractivity contribution in [1.82, 2.24) is 10.3 Å². The van der Waals surface area contributed by atoms with Crippen LogP contribution < -0.4 is 10.6 Å². The molecular formula is C12H19N3. The quantitative estimate of drug-likeness (QED) is 0.775. The number of hydrogen-bond donors (Lipinski definition) is 2. The van der Waals surface area contributed by atoms with Gasteiger partial charge < -0.3 is 10.6 Å². The van der Waals surface area contributed by atoms with Crippen molar-refractivity contribution in [3.8, 4) is 0 Å². The van der Waals surface area contributed by atoms with Crippen LogP contribution in [0.15, 0.2) is 18.5 Å². The molecule has 0 spiro atoms. The highest BCUT2D eigenvalue weighted by molar-refractivity contribution is 5.50. The summed E-state index contributed by atoms with van der Waals surface area (Å²) >= 11 is 0. The Morgan fingerprint density at radius 1 is 1.40 bits per heavy atom. The van der Waals surface area contributed by atoms with Crippen LogP contribution in [0.2, 0.25) is 0 Å². The van der Waals surface area contributed by atoms with Crippen LogP contribution in [0, 0.1) is 6.92 Å². The zero-order chi connectivity index (χ0) is 10.7. The van der Waals surface area contributed by atoms with Crippen LogP contribution in [0.1, 0.15) is 25.3 Å². The molecule has 0 amide bonds. The topological polar surface area (TPSA) is 37.0 Å². The Bertz CT molecular complexity index is 329. The zero-order valence-corrected chi connectivity index (χ0v) is 9.51. The second kappa shape index (κ2) is 4.19. The molecule has 1 fully saturated rings. The lowest BCUT2D eigenvalue weighted by molar-refractivity contribution is 0.365. The predicted octanol–water partition coefficient (Wildman–Crippen LogP) is 1.94. The third kappa shape index (κ3) is 2.48. The minimum atomic E-state index is 0.233. The molecule has 1 aliphatic heterocycles. The standard InChI is InChI=1S/C12H19N3/c1-10-9-14-6-3-11(10)15-12(2)4-7-13-8-5-12/h3,6,9,13H,4-5,7-8H2,1-2H3,(H,14,15). The number of aromatic nitrogens is 1. The largest absolute Gasteiger partial charge is 0.379 e. The molecule has 3 heteroatoms. The maximum absolute atomic E-state index is 4.11. The lowest BCUT2D eigenvalue weighted by atomic mass is 9.90. The van der Waals surface area contributed by atoms with E-state index in [1.165, 1.54) is 24.1 Å². The summed E-state index contributed by atoms with van der Waals surface area (Å²) in [5, 5.41) is 7.03. The molecule has 2 rings (SSSR count). The summed E-state index contributed by atoms with van der Waals surface area (Å²) < 4.78 is 0. The summed E-state index contributed by atoms with van der Waals surface area (Å²) in [5.41, 5.74) is 2.67. The first-order valence-corrected chi connectivity index (χ1v) is 5.59. The molecule has 1 aromatic heterocycles. The molecule has 2 N–H and O–H groups in total. The molecule has 1 aromatic rings.